The maximum Gasteiger partial charge on any atom is 0.410 e. The molecule has 0 aromatic rings. The number of carbonyl (C=O) groups is 3. The highest BCUT2D eigenvalue weighted by Gasteiger charge is 2.64. The van der Waals surface area contributed by atoms with Crippen LogP contribution in [0.5, 0.6) is 0 Å². The molecule has 0 heterocycles. The molecular formula is C7H5F4O6-. The second-order valence-electron chi connectivity index (χ2n) is 2.59. The van der Waals surface area contributed by atoms with Gasteiger partial charge < -0.3 is 19.4 Å². The summed E-state index contributed by atoms with van der Waals surface area (Å²) in [5.41, 5.74) is 0. The molecule has 0 spiro atoms. The van der Waals surface area contributed by atoms with Crippen molar-refractivity contribution in [3.8, 4) is 0 Å². The monoisotopic (exact) mass is 261 g/mol. The maximum absolute atomic E-state index is 12.6. The smallest absolute Gasteiger partial charge is 0.410 e. The van der Waals surface area contributed by atoms with Gasteiger partial charge in [0, 0.05) is 0 Å². The van der Waals surface area contributed by atoms with Gasteiger partial charge in [-0.2, -0.15) is 17.6 Å². The van der Waals surface area contributed by atoms with Crippen LogP contribution in [0, 0.1) is 0 Å². The van der Waals surface area contributed by atoms with E-state index in [-0.39, 0.29) is 0 Å². The molecule has 0 radical (unpaired) electrons. The highest BCUT2D eigenvalue weighted by atomic mass is 19.3. The molecule has 0 N–H and O–H groups in total. The van der Waals surface area contributed by atoms with Gasteiger partial charge in [-0.15, -0.1) is 0 Å². The third-order valence-electron chi connectivity index (χ3n) is 1.46. The second-order valence-corrected chi connectivity index (χ2v) is 2.59. The number of hydrogen-bond acceptors (Lipinski definition) is 6. The molecule has 0 aromatic heterocycles. The van der Waals surface area contributed by atoms with Gasteiger partial charge in [-0.1, -0.05) is 0 Å². The number of rotatable bonds is 5. The summed E-state index contributed by atoms with van der Waals surface area (Å²) in [6.45, 7) is -1.35. The summed E-state index contributed by atoms with van der Waals surface area (Å²) in [6, 6.07) is 0. The zero-order valence-corrected chi connectivity index (χ0v) is 8.17. The largest absolute Gasteiger partial charge is 0.544 e. The number of ether oxygens (including phenoxy) is 2. The second kappa shape index (κ2) is 4.97. The van der Waals surface area contributed by atoms with Crippen LogP contribution in [-0.2, 0) is 23.9 Å². The molecule has 0 amide bonds. The molecule has 0 rings (SSSR count). The van der Waals surface area contributed by atoms with Gasteiger partial charge in [0.1, 0.15) is 5.97 Å². The van der Waals surface area contributed by atoms with E-state index < -0.39 is 36.4 Å². The topological polar surface area (TPSA) is 92.7 Å². The first-order valence-electron chi connectivity index (χ1n) is 3.78. The van der Waals surface area contributed by atoms with Gasteiger partial charge in [-0.3, -0.25) is 0 Å². The van der Waals surface area contributed by atoms with Crippen molar-refractivity contribution in [2.24, 2.45) is 0 Å². The van der Waals surface area contributed by atoms with Crippen LogP contribution < -0.4 is 5.11 Å². The molecule has 0 bridgehead atoms. The number of esters is 2. The first-order chi connectivity index (χ1) is 7.57. The van der Waals surface area contributed by atoms with Crippen LogP contribution in [-0.4, -0.2) is 43.5 Å². The fourth-order valence-electron chi connectivity index (χ4n) is 0.530. The number of hydrogen-bond donors (Lipinski definition) is 0. The molecule has 0 fully saturated rings. The minimum absolute atomic E-state index is 0.823. The average Bonchev–Trinajstić information content (AvgIpc) is 2.24. The summed E-state index contributed by atoms with van der Waals surface area (Å²) in [4.78, 5) is 30.6. The van der Waals surface area contributed by atoms with Crippen molar-refractivity contribution in [2.75, 3.05) is 13.7 Å². The third-order valence-corrected chi connectivity index (χ3v) is 1.46. The number of methoxy groups -OCH3 is 1. The molecule has 0 aliphatic rings. The van der Waals surface area contributed by atoms with Crippen molar-refractivity contribution in [2.45, 2.75) is 11.8 Å². The van der Waals surface area contributed by atoms with Gasteiger partial charge >= 0.3 is 23.8 Å². The van der Waals surface area contributed by atoms with Crippen molar-refractivity contribution < 1.29 is 46.5 Å². The molecule has 0 atom stereocenters. The Morgan fingerprint density at radius 3 is 1.94 bits per heavy atom. The van der Waals surface area contributed by atoms with Crippen molar-refractivity contribution in [1.29, 1.82) is 0 Å². The molecule has 0 aliphatic heterocycles. The van der Waals surface area contributed by atoms with E-state index in [0.717, 1.165) is 7.11 Å². The summed E-state index contributed by atoms with van der Waals surface area (Å²) < 4.78 is 57.2. The molecule has 10 heteroatoms. The number of alkyl halides is 4. The SMILES string of the molecule is COC(=O)COC(=O)C(F)(F)C(F)(F)C(=O)[O-]. The lowest BCUT2D eigenvalue weighted by molar-refractivity contribution is -0.346. The highest BCUT2D eigenvalue weighted by Crippen LogP contribution is 2.34. The summed E-state index contributed by atoms with van der Waals surface area (Å²) in [5, 5.41) is 9.73. The van der Waals surface area contributed by atoms with Gasteiger partial charge in [0.05, 0.1) is 7.11 Å². The number of carboxylic acids is 1. The minimum atomic E-state index is -5.75. The quantitative estimate of drug-likeness (QED) is 0.452. The summed E-state index contributed by atoms with van der Waals surface area (Å²) in [7, 11) is 0.823. The van der Waals surface area contributed by atoms with E-state index in [1.165, 1.54) is 0 Å². The Hall–Kier alpha value is -1.87. The number of halogens is 4. The fourth-order valence-corrected chi connectivity index (χ4v) is 0.530. The zero-order valence-electron chi connectivity index (χ0n) is 8.17. The lowest BCUT2D eigenvalue weighted by atomic mass is 10.2. The molecule has 0 aromatic carbocycles. The van der Waals surface area contributed by atoms with Gasteiger partial charge in [0.2, 0.25) is 0 Å². The lowest BCUT2D eigenvalue weighted by Crippen LogP contribution is -2.58. The predicted molar refractivity (Wildman–Crippen MR) is 37.9 cm³/mol. The van der Waals surface area contributed by atoms with Crippen LogP contribution in [0.2, 0.25) is 0 Å². The highest BCUT2D eigenvalue weighted by molar-refractivity contribution is 5.89. The average molecular weight is 261 g/mol. The van der Waals surface area contributed by atoms with E-state index in [1.807, 2.05) is 0 Å². The molecule has 0 saturated heterocycles. The first kappa shape index (κ1) is 15.1. The predicted octanol–water partition coefficient (Wildman–Crippen LogP) is -1.28. The Bertz CT molecular complexity index is 339. The Labute approximate surface area is 91.1 Å². The molecular weight excluding hydrogens is 256 g/mol. The Morgan fingerprint density at radius 2 is 1.59 bits per heavy atom. The molecule has 17 heavy (non-hydrogen) atoms. The zero-order chi connectivity index (χ0) is 13.9. The van der Waals surface area contributed by atoms with Crippen LogP contribution in [0.15, 0.2) is 0 Å². The van der Waals surface area contributed by atoms with Crippen molar-refractivity contribution in [3.05, 3.63) is 0 Å². The van der Waals surface area contributed by atoms with Crippen LogP contribution in [0.25, 0.3) is 0 Å². The summed E-state index contributed by atoms with van der Waals surface area (Å²) in [5.74, 6) is -19.0. The van der Waals surface area contributed by atoms with E-state index in [2.05, 4.69) is 9.47 Å². The number of carboxylic acid groups (broad SMARTS) is 1. The van der Waals surface area contributed by atoms with Crippen LogP contribution in [0.1, 0.15) is 0 Å². The van der Waals surface area contributed by atoms with Gasteiger partial charge in [-0.05, 0) is 0 Å². The van der Waals surface area contributed by atoms with E-state index >= 15 is 0 Å². The van der Waals surface area contributed by atoms with E-state index in [4.69, 9.17) is 0 Å². The summed E-state index contributed by atoms with van der Waals surface area (Å²) in [6.07, 6.45) is 0. The normalized spacial score (nSPS) is 11.8. The van der Waals surface area contributed by atoms with Crippen molar-refractivity contribution >= 4 is 17.9 Å². The lowest BCUT2D eigenvalue weighted by Gasteiger charge is -2.24. The van der Waals surface area contributed by atoms with E-state index in [0.29, 0.717) is 0 Å². The summed E-state index contributed by atoms with van der Waals surface area (Å²) >= 11 is 0. The Balaban J connectivity index is 4.77. The standard InChI is InChI=1S/C7H6F4O6/c1-16-3(12)2-17-5(15)7(10,11)6(8,9)4(13)14/h2H2,1H3,(H,13,14)/p-1. The molecule has 98 valence electrons. The molecule has 0 unspecified atom stereocenters. The Kier molecular flexibility index (Phi) is 4.43. The van der Waals surface area contributed by atoms with Gasteiger partial charge in [0.15, 0.2) is 6.61 Å². The van der Waals surface area contributed by atoms with E-state index in [9.17, 15) is 37.1 Å². The van der Waals surface area contributed by atoms with Crippen LogP contribution in [0.3, 0.4) is 0 Å². The molecule has 6 nitrogen and oxygen atoms in total. The van der Waals surface area contributed by atoms with Crippen LogP contribution >= 0.6 is 0 Å². The maximum atomic E-state index is 12.6. The number of aliphatic carboxylic acids is 1. The Morgan fingerprint density at radius 1 is 1.12 bits per heavy atom. The van der Waals surface area contributed by atoms with E-state index in [1.54, 1.807) is 0 Å². The van der Waals surface area contributed by atoms with Crippen molar-refractivity contribution in [1.82, 2.24) is 0 Å². The van der Waals surface area contributed by atoms with Gasteiger partial charge in [-0.25, -0.2) is 9.59 Å². The molecule has 0 aliphatic carbocycles. The molecule has 0 saturated carbocycles. The number of carbonyl (C=O) groups excluding carboxylic acids is 3. The first-order valence-corrected chi connectivity index (χ1v) is 3.78. The fraction of sp³-hybridized carbons (Fsp3) is 0.571. The third kappa shape index (κ3) is 3.04. The van der Waals surface area contributed by atoms with Crippen molar-refractivity contribution in [3.63, 3.8) is 0 Å². The van der Waals surface area contributed by atoms with Crippen LogP contribution in [0.4, 0.5) is 17.6 Å². The van der Waals surface area contributed by atoms with Gasteiger partial charge in [0.25, 0.3) is 0 Å². The minimum Gasteiger partial charge on any atom is -0.544 e.